The van der Waals surface area contributed by atoms with Gasteiger partial charge in [0, 0.05) is 22.9 Å². The number of benzene rings is 1. The number of hydrogen-bond acceptors (Lipinski definition) is 3. The fourth-order valence-electron chi connectivity index (χ4n) is 0.996. The molecule has 0 aliphatic rings. The maximum absolute atomic E-state index is 11.3. The van der Waals surface area contributed by atoms with Crippen molar-refractivity contribution in [2.24, 2.45) is 0 Å². The number of carboxylic acids is 1. The van der Waals surface area contributed by atoms with Crippen LogP contribution in [0.15, 0.2) is 36.4 Å². The van der Waals surface area contributed by atoms with Gasteiger partial charge in [0.25, 0.3) is 5.91 Å². The lowest BCUT2D eigenvalue weighted by Crippen LogP contribution is -2.33. The molecule has 0 saturated heterocycles. The standard InChI is InChI=1S/C11H9ClN2O4/c12-7-1-3-8(4-2-7)13-11(18)14-9(15)5-6-10(16)17/h1-6H,(H,16,17)(H2,13,14,15,18)/b6-5+. The molecule has 6 nitrogen and oxygen atoms in total. The molecule has 0 fully saturated rings. The van der Waals surface area contributed by atoms with Crippen LogP contribution in [0.25, 0.3) is 0 Å². The predicted molar refractivity (Wildman–Crippen MR) is 65.4 cm³/mol. The molecule has 0 unspecified atom stereocenters. The maximum atomic E-state index is 11.3. The van der Waals surface area contributed by atoms with Gasteiger partial charge in [0.2, 0.25) is 0 Å². The van der Waals surface area contributed by atoms with Gasteiger partial charge in [-0.2, -0.15) is 0 Å². The van der Waals surface area contributed by atoms with E-state index in [9.17, 15) is 14.4 Å². The molecular formula is C11H9ClN2O4. The first-order valence-corrected chi connectivity index (χ1v) is 5.13. The molecule has 0 saturated carbocycles. The van der Waals surface area contributed by atoms with E-state index in [2.05, 4.69) is 5.32 Å². The first-order chi connectivity index (χ1) is 8.47. The molecule has 3 amide bonds. The highest BCUT2D eigenvalue weighted by molar-refractivity contribution is 6.30. The Bertz CT molecular complexity index is 496. The second-order valence-corrected chi connectivity index (χ2v) is 3.56. The summed E-state index contributed by atoms with van der Waals surface area (Å²) in [4.78, 5) is 32.5. The SMILES string of the molecule is O=C(O)/C=C/C(=O)NC(=O)Nc1ccc(Cl)cc1. The average Bonchev–Trinajstić information content (AvgIpc) is 2.29. The fourth-order valence-corrected chi connectivity index (χ4v) is 1.12. The zero-order valence-corrected chi connectivity index (χ0v) is 9.77. The van der Waals surface area contributed by atoms with Crippen molar-refractivity contribution in [2.75, 3.05) is 5.32 Å². The number of hydrogen-bond donors (Lipinski definition) is 3. The van der Waals surface area contributed by atoms with E-state index in [0.717, 1.165) is 6.08 Å². The van der Waals surface area contributed by atoms with E-state index in [1.165, 1.54) is 0 Å². The number of carbonyl (C=O) groups is 3. The smallest absolute Gasteiger partial charge is 0.328 e. The Morgan fingerprint density at radius 3 is 2.28 bits per heavy atom. The van der Waals surface area contributed by atoms with Crippen LogP contribution in [0.4, 0.5) is 10.5 Å². The molecule has 18 heavy (non-hydrogen) atoms. The van der Waals surface area contributed by atoms with Crippen molar-refractivity contribution in [3.8, 4) is 0 Å². The van der Waals surface area contributed by atoms with Gasteiger partial charge in [-0.05, 0) is 24.3 Å². The van der Waals surface area contributed by atoms with Crippen LogP contribution in [0.1, 0.15) is 0 Å². The number of anilines is 1. The molecule has 0 spiro atoms. The predicted octanol–water partition coefficient (Wildman–Crippen LogP) is 1.63. The van der Waals surface area contributed by atoms with Crippen molar-refractivity contribution in [3.63, 3.8) is 0 Å². The van der Waals surface area contributed by atoms with Crippen molar-refractivity contribution in [1.29, 1.82) is 0 Å². The average molecular weight is 269 g/mol. The van der Waals surface area contributed by atoms with Gasteiger partial charge in [0.1, 0.15) is 0 Å². The van der Waals surface area contributed by atoms with Crippen molar-refractivity contribution < 1.29 is 19.5 Å². The number of carbonyl (C=O) groups excluding carboxylic acids is 2. The van der Waals surface area contributed by atoms with Gasteiger partial charge in [0.15, 0.2) is 0 Å². The lowest BCUT2D eigenvalue weighted by atomic mass is 10.3. The number of nitrogens with one attached hydrogen (secondary N) is 2. The number of rotatable bonds is 3. The van der Waals surface area contributed by atoms with Crippen LogP contribution in [0.2, 0.25) is 5.02 Å². The summed E-state index contributed by atoms with van der Waals surface area (Å²) in [6, 6.07) is 5.49. The molecule has 0 aliphatic carbocycles. The third kappa shape index (κ3) is 5.13. The van der Waals surface area contributed by atoms with Gasteiger partial charge in [-0.3, -0.25) is 10.1 Å². The summed E-state index contributed by atoms with van der Waals surface area (Å²) in [5.41, 5.74) is 0.451. The van der Waals surface area contributed by atoms with E-state index >= 15 is 0 Å². The van der Waals surface area contributed by atoms with Gasteiger partial charge in [-0.1, -0.05) is 11.6 Å². The summed E-state index contributed by atoms with van der Waals surface area (Å²) in [6.45, 7) is 0. The van der Waals surface area contributed by atoms with Gasteiger partial charge >= 0.3 is 12.0 Å². The van der Waals surface area contributed by atoms with Gasteiger partial charge < -0.3 is 10.4 Å². The first-order valence-electron chi connectivity index (χ1n) is 4.76. The zero-order valence-electron chi connectivity index (χ0n) is 9.01. The summed E-state index contributed by atoms with van der Waals surface area (Å²) in [5, 5.41) is 13.1. The quantitative estimate of drug-likeness (QED) is 0.726. The second-order valence-electron chi connectivity index (χ2n) is 3.12. The number of imide groups is 1. The summed E-state index contributed by atoms with van der Waals surface area (Å²) >= 11 is 5.66. The molecule has 7 heteroatoms. The molecule has 1 aromatic carbocycles. The molecule has 0 atom stereocenters. The Morgan fingerprint density at radius 2 is 1.72 bits per heavy atom. The minimum atomic E-state index is -1.27. The third-order valence-corrected chi connectivity index (χ3v) is 1.97. The molecule has 94 valence electrons. The van der Waals surface area contributed by atoms with E-state index in [0.29, 0.717) is 16.8 Å². The Morgan fingerprint density at radius 1 is 1.11 bits per heavy atom. The van der Waals surface area contributed by atoms with Crippen molar-refractivity contribution in [1.82, 2.24) is 5.32 Å². The van der Waals surface area contributed by atoms with E-state index in [-0.39, 0.29) is 0 Å². The Hall–Kier alpha value is -2.34. The summed E-state index contributed by atoms with van der Waals surface area (Å²) < 4.78 is 0. The fraction of sp³-hybridized carbons (Fsp3) is 0. The molecular weight excluding hydrogens is 260 g/mol. The normalized spacial score (nSPS) is 10.1. The summed E-state index contributed by atoms with van der Waals surface area (Å²) in [5.74, 6) is -2.10. The van der Waals surface area contributed by atoms with Crippen molar-refractivity contribution >= 4 is 35.2 Å². The zero-order chi connectivity index (χ0) is 13.5. The van der Waals surface area contributed by atoms with Gasteiger partial charge in [-0.25, -0.2) is 9.59 Å². The highest BCUT2D eigenvalue weighted by Gasteiger charge is 2.05. The van der Waals surface area contributed by atoms with E-state index in [1.54, 1.807) is 24.3 Å². The first kappa shape index (κ1) is 13.7. The number of aliphatic carboxylic acids is 1. The maximum Gasteiger partial charge on any atom is 0.328 e. The second kappa shape index (κ2) is 6.41. The molecule has 3 N–H and O–H groups in total. The lowest BCUT2D eigenvalue weighted by Gasteiger charge is -2.04. The summed E-state index contributed by atoms with van der Waals surface area (Å²) in [7, 11) is 0. The Labute approximate surface area is 107 Å². The van der Waals surface area contributed by atoms with E-state index < -0.39 is 17.9 Å². The van der Waals surface area contributed by atoms with Crippen LogP contribution in [-0.4, -0.2) is 23.0 Å². The van der Waals surface area contributed by atoms with Gasteiger partial charge in [0.05, 0.1) is 0 Å². The highest BCUT2D eigenvalue weighted by Crippen LogP contribution is 2.12. The molecule has 1 aromatic rings. The molecule has 0 radical (unpaired) electrons. The minimum Gasteiger partial charge on any atom is -0.478 e. The van der Waals surface area contributed by atoms with Gasteiger partial charge in [-0.15, -0.1) is 0 Å². The van der Waals surface area contributed by atoms with Crippen LogP contribution >= 0.6 is 11.6 Å². The van der Waals surface area contributed by atoms with Crippen LogP contribution in [0, 0.1) is 0 Å². The molecule has 0 bridgehead atoms. The molecule has 0 aromatic heterocycles. The van der Waals surface area contributed by atoms with Crippen LogP contribution in [0.3, 0.4) is 0 Å². The number of amides is 3. The third-order valence-electron chi connectivity index (χ3n) is 1.72. The Kier molecular flexibility index (Phi) is 4.89. The Balaban J connectivity index is 2.49. The van der Waals surface area contributed by atoms with Crippen LogP contribution in [0.5, 0.6) is 0 Å². The molecule has 0 aliphatic heterocycles. The number of carboxylic acid groups (broad SMARTS) is 1. The van der Waals surface area contributed by atoms with E-state index in [1.807, 2.05) is 5.32 Å². The van der Waals surface area contributed by atoms with Crippen molar-refractivity contribution in [3.05, 3.63) is 41.4 Å². The lowest BCUT2D eigenvalue weighted by molar-refractivity contribution is -0.131. The van der Waals surface area contributed by atoms with Crippen LogP contribution in [-0.2, 0) is 9.59 Å². The highest BCUT2D eigenvalue weighted by atomic mass is 35.5. The van der Waals surface area contributed by atoms with E-state index in [4.69, 9.17) is 16.7 Å². The minimum absolute atomic E-state index is 0.451. The molecule has 1 rings (SSSR count). The monoisotopic (exact) mass is 268 g/mol. The van der Waals surface area contributed by atoms with Crippen LogP contribution < -0.4 is 10.6 Å². The molecule has 0 heterocycles. The van der Waals surface area contributed by atoms with Crippen molar-refractivity contribution in [2.45, 2.75) is 0 Å². The topological polar surface area (TPSA) is 95.5 Å². The number of halogens is 1. The number of urea groups is 1. The largest absolute Gasteiger partial charge is 0.478 e. The summed E-state index contributed by atoms with van der Waals surface area (Å²) in [6.07, 6.45) is 1.37.